The fraction of sp³-hybridized carbons (Fsp3) is 0.316. The zero-order chi connectivity index (χ0) is 17.2. The average molecular weight is 350 g/mol. The highest BCUT2D eigenvalue weighted by molar-refractivity contribution is 7.84. The van der Waals surface area contributed by atoms with Gasteiger partial charge in [0.15, 0.2) is 0 Å². The number of aromatic nitrogens is 3. The Bertz CT molecular complexity index is 969. The zero-order valence-corrected chi connectivity index (χ0v) is 14.6. The Morgan fingerprint density at radius 3 is 2.84 bits per heavy atom. The van der Waals surface area contributed by atoms with Gasteiger partial charge in [0.1, 0.15) is 16.9 Å². The highest BCUT2D eigenvalue weighted by atomic mass is 32.2. The largest absolute Gasteiger partial charge is 0.341 e. The van der Waals surface area contributed by atoms with Gasteiger partial charge >= 0.3 is 0 Å². The van der Waals surface area contributed by atoms with Crippen molar-refractivity contribution in [3.05, 3.63) is 53.0 Å². The molecule has 0 spiro atoms. The van der Waals surface area contributed by atoms with E-state index < -0.39 is 10.8 Å². The van der Waals surface area contributed by atoms with Gasteiger partial charge in [0.05, 0.1) is 33.1 Å². The third-order valence-electron chi connectivity index (χ3n) is 4.56. The SMILES string of the molecule is N#Cc1cc2c(nc1[S@](=O)Cc1nc3ccccc3[nH]1)CCCCC2. The van der Waals surface area contributed by atoms with E-state index in [0.29, 0.717) is 16.4 Å². The first kappa shape index (κ1) is 16.0. The Kier molecular flexibility index (Phi) is 4.33. The van der Waals surface area contributed by atoms with E-state index >= 15 is 0 Å². The van der Waals surface area contributed by atoms with E-state index in [1.165, 1.54) is 6.42 Å². The van der Waals surface area contributed by atoms with Crippen LogP contribution in [0.5, 0.6) is 0 Å². The Morgan fingerprint density at radius 1 is 1.16 bits per heavy atom. The third-order valence-corrected chi connectivity index (χ3v) is 5.84. The molecule has 0 radical (unpaired) electrons. The number of aryl methyl sites for hydroxylation is 2. The predicted molar refractivity (Wildman–Crippen MR) is 96.4 cm³/mol. The Labute approximate surface area is 148 Å². The minimum atomic E-state index is -1.40. The summed E-state index contributed by atoms with van der Waals surface area (Å²) in [6.45, 7) is 0. The maximum absolute atomic E-state index is 12.9. The highest BCUT2D eigenvalue weighted by Crippen LogP contribution is 2.24. The molecule has 1 aliphatic carbocycles. The van der Waals surface area contributed by atoms with Crippen LogP contribution in [-0.4, -0.2) is 19.2 Å². The number of aromatic amines is 1. The van der Waals surface area contributed by atoms with Gasteiger partial charge in [-0.05, 0) is 49.4 Å². The van der Waals surface area contributed by atoms with Crippen LogP contribution in [-0.2, 0) is 29.4 Å². The van der Waals surface area contributed by atoms with Crippen molar-refractivity contribution in [2.24, 2.45) is 0 Å². The lowest BCUT2D eigenvalue weighted by Crippen LogP contribution is -2.07. The van der Waals surface area contributed by atoms with Crippen LogP contribution >= 0.6 is 0 Å². The summed E-state index contributed by atoms with van der Waals surface area (Å²) in [6.07, 6.45) is 5.25. The van der Waals surface area contributed by atoms with Crippen LogP contribution in [0.3, 0.4) is 0 Å². The van der Waals surface area contributed by atoms with Gasteiger partial charge in [-0.15, -0.1) is 0 Å². The molecular weight excluding hydrogens is 332 g/mol. The van der Waals surface area contributed by atoms with E-state index in [9.17, 15) is 9.47 Å². The van der Waals surface area contributed by atoms with E-state index in [1.807, 2.05) is 30.3 Å². The number of benzene rings is 1. The number of H-pyrrole nitrogens is 1. The number of pyridine rings is 1. The van der Waals surface area contributed by atoms with E-state index in [0.717, 1.165) is 48.0 Å². The molecule has 5 nitrogen and oxygen atoms in total. The molecule has 2 heterocycles. The molecule has 0 aliphatic heterocycles. The van der Waals surface area contributed by atoms with Gasteiger partial charge in [0.2, 0.25) is 0 Å². The molecule has 1 N–H and O–H groups in total. The molecule has 1 atom stereocenters. The van der Waals surface area contributed by atoms with Crippen LogP contribution in [0, 0.1) is 11.3 Å². The predicted octanol–water partition coefficient (Wildman–Crippen LogP) is 3.41. The number of nitrogens with one attached hydrogen (secondary N) is 1. The van der Waals surface area contributed by atoms with Crippen LogP contribution in [0.15, 0.2) is 35.4 Å². The Hall–Kier alpha value is -2.52. The molecule has 126 valence electrons. The molecule has 2 aromatic heterocycles. The third kappa shape index (κ3) is 3.20. The Morgan fingerprint density at radius 2 is 2.00 bits per heavy atom. The summed E-state index contributed by atoms with van der Waals surface area (Å²) in [4.78, 5) is 12.3. The normalized spacial score (nSPS) is 15.3. The maximum atomic E-state index is 12.9. The molecule has 25 heavy (non-hydrogen) atoms. The van der Waals surface area contributed by atoms with Crippen molar-refractivity contribution in [3.63, 3.8) is 0 Å². The number of fused-ring (bicyclic) bond motifs is 2. The summed E-state index contributed by atoms with van der Waals surface area (Å²) < 4.78 is 12.9. The molecule has 1 aliphatic rings. The maximum Gasteiger partial charge on any atom is 0.145 e. The first-order valence-corrected chi connectivity index (χ1v) is 9.81. The van der Waals surface area contributed by atoms with Crippen molar-refractivity contribution in [2.45, 2.75) is 42.9 Å². The fourth-order valence-corrected chi connectivity index (χ4v) is 4.40. The lowest BCUT2D eigenvalue weighted by atomic mass is 10.1. The van der Waals surface area contributed by atoms with Gasteiger partial charge < -0.3 is 4.98 Å². The topological polar surface area (TPSA) is 82.4 Å². The molecule has 4 rings (SSSR count). The summed E-state index contributed by atoms with van der Waals surface area (Å²) in [5, 5.41) is 9.86. The molecule has 0 saturated carbocycles. The zero-order valence-electron chi connectivity index (χ0n) is 13.8. The standard InChI is InChI=1S/C19H18N4OS/c20-11-14-10-13-6-2-1-3-7-15(13)23-19(14)25(24)12-18-21-16-8-4-5-9-17(16)22-18/h4-5,8-10H,1-3,6-7,12H2,(H,21,22)/t25-/m1/s1. The van der Waals surface area contributed by atoms with Gasteiger partial charge in [0.25, 0.3) is 0 Å². The van der Waals surface area contributed by atoms with Crippen molar-refractivity contribution in [3.8, 4) is 6.07 Å². The van der Waals surface area contributed by atoms with Gasteiger partial charge in [0, 0.05) is 5.69 Å². The van der Waals surface area contributed by atoms with Crippen LogP contribution in [0.1, 0.15) is 41.9 Å². The summed E-state index contributed by atoms with van der Waals surface area (Å²) in [7, 11) is -1.40. The molecule has 0 saturated heterocycles. The minimum absolute atomic E-state index is 0.231. The molecule has 0 fully saturated rings. The highest BCUT2D eigenvalue weighted by Gasteiger charge is 2.19. The van der Waals surface area contributed by atoms with E-state index in [-0.39, 0.29) is 5.75 Å². The van der Waals surface area contributed by atoms with Crippen molar-refractivity contribution < 1.29 is 4.21 Å². The lowest BCUT2D eigenvalue weighted by molar-refractivity contribution is 0.676. The first-order valence-electron chi connectivity index (χ1n) is 8.49. The van der Waals surface area contributed by atoms with E-state index in [1.54, 1.807) is 0 Å². The van der Waals surface area contributed by atoms with Crippen LogP contribution < -0.4 is 0 Å². The Balaban J connectivity index is 1.67. The van der Waals surface area contributed by atoms with Gasteiger partial charge in [-0.25, -0.2) is 9.97 Å². The smallest absolute Gasteiger partial charge is 0.145 e. The number of imidazole rings is 1. The lowest BCUT2D eigenvalue weighted by Gasteiger charge is -2.09. The van der Waals surface area contributed by atoms with Gasteiger partial charge in [-0.3, -0.25) is 4.21 Å². The van der Waals surface area contributed by atoms with Crippen molar-refractivity contribution in [1.29, 1.82) is 5.26 Å². The molecule has 0 bridgehead atoms. The van der Waals surface area contributed by atoms with Crippen LogP contribution in [0.25, 0.3) is 11.0 Å². The average Bonchev–Trinajstić information content (AvgIpc) is 2.89. The summed E-state index contributed by atoms with van der Waals surface area (Å²) in [6, 6.07) is 11.8. The second kappa shape index (κ2) is 6.77. The van der Waals surface area contributed by atoms with Crippen molar-refractivity contribution >= 4 is 21.8 Å². The molecule has 3 aromatic rings. The second-order valence-electron chi connectivity index (χ2n) is 6.31. The number of hydrogen-bond acceptors (Lipinski definition) is 4. The quantitative estimate of drug-likeness (QED) is 0.734. The van der Waals surface area contributed by atoms with Crippen LogP contribution in [0.4, 0.5) is 0 Å². The van der Waals surface area contributed by atoms with Gasteiger partial charge in [-0.2, -0.15) is 5.26 Å². The number of nitriles is 1. The van der Waals surface area contributed by atoms with Crippen molar-refractivity contribution in [1.82, 2.24) is 15.0 Å². The summed E-state index contributed by atoms with van der Waals surface area (Å²) in [5.41, 5.74) is 4.34. The van der Waals surface area contributed by atoms with Crippen LogP contribution in [0.2, 0.25) is 0 Å². The summed E-state index contributed by atoms with van der Waals surface area (Å²) in [5.74, 6) is 0.884. The minimum Gasteiger partial charge on any atom is -0.341 e. The molecular formula is C19H18N4OS. The van der Waals surface area contributed by atoms with E-state index in [4.69, 9.17) is 0 Å². The molecule has 6 heteroatoms. The summed E-state index contributed by atoms with van der Waals surface area (Å²) >= 11 is 0. The number of hydrogen-bond donors (Lipinski definition) is 1. The molecule has 0 unspecified atom stereocenters. The molecule has 1 aromatic carbocycles. The van der Waals surface area contributed by atoms with Gasteiger partial charge in [-0.1, -0.05) is 18.6 Å². The van der Waals surface area contributed by atoms with Crippen molar-refractivity contribution in [2.75, 3.05) is 0 Å². The number of nitrogens with zero attached hydrogens (tertiary/aromatic N) is 3. The monoisotopic (exact) mass is 350 g/mol. The second-order valence-corrected chi connectivity index (χ2v) is 7.68. The number of para-hydroxylation sites is 2. The number of rotatable bonds is 3. The first-order chi connectivity index (χ1) is 12.2. The fourth-order valence-electron chi connectivity index (χ4n) is 3.31. The molecule has 0 amide bonds. The van der Waals surface area contributed by atoms with E-state index in [2.05, 4.69) is 21.0 Å².